The molecule has 38 heavy (non-hydrogen) atoms. The molecule has 1 aromatic heterocycles. The summed E-state index contributed by atoms with van der Waals surface area (Å²) in [5.74, 6) is -0.524. The highest BCUT2D eigenvalue weighted by Crippen LogP contribution is 2.30. The maximum absolute atomic E-state index is 11.3. The normalized spacial score (nSPS) is 12.4. The lowest BCUT2D eigenvalue weighted by Crippen LogP contribution is -2.00. The van der Waals surface area contributed by atoms with Crippen LogP contribution in [0.15, 0.2) is 92.6 Å². The number of benzene rings is 3. The first-order valence-electron chi connectivity index (χ1n) is 10.5. The Morgan fingerprint density at radius 2 is 1.11 bits per heavy atom. The second kappa shape index (κ2) is 10.5. The van der Waals surface area contributed by atoms with Gasteiger partial charge in [-0.1, -0.05) is 30.3 Å². The highest BCUT2D eigenvalue weighted by atomic mass is 32.2. The predicted octanol–water partition coefficient (Wildman–Crippen LogP) is 2.86. The molecule has 0 amide bonds. The minimum absolute atomic E-state index is 0.190. The SMILES string of the molecule is O=S(=O)([O-])c1ccc(O)c(N=Cc2cc(C=Nc3cc(S(=O)(=O)[O-])ccc3O)nc(-c3ccccc3)n2)c1. The van der Waals surface area contributed by atoms with Gasteiger partial charge in [-0.2, -0.15) is 0 Å². The first kappa shape index (κ1) is 26.6. The zero-order valence-corrected chi connectivity index (χ0v) is 20.7. The maximum Gasteiger partial charge on any atom is 0.160 e. The average Bonchev–Trinajstić information content (AvgIpc) is 2.87. The van der Waals surface area contributed by atoms with E-state index in [0.29, 0.717) is 5.56 Å². The summed E-state index contributed by atoms with van der Waals surface area (Å²) in [4.78, 5) is 15.7. The van der Waals surface area contributed by atoms with E-state index in [1.54, 1.807) is 30.3 Å². The summed E-state index contributed by atoms with van der Waals surface area (Å²) in [6, 6.07) is 16.0. The molecule has 0 saturated heterocycles. The molecule has 4 rings (SSSR count). The molecule has 2 N–H and O–H groups in total. The lowest BCUT2D eigenvalue weighted by atomic mass is 10.2. The molecule has 12 nitrogen and oxygen atoms in total. The maximum atomic E-state index is 11.3. The Morgan fingerprint density at radius 1 is 0.658 bits per heavy atom. The van der Waals surface area contributed by atoms with Gasteiger partial charge in [0.25, 0.3) is 0 Å². The monoisotopic (exact) mass is 552 g/mol. The highest BCUT2D eigenvalue weighted by Gasteiger charge is 2.10. The van der Waals surface area contributed by atoms with Gasteiger partial charge in [-0.25, -0.2) is 26.8 Å². The molecule has 4 aromatic rings. The van der Waals surface area contributed by atoms with Gasteiger partial charge in [-0.15, -0.1) is 0 Å². The van der Waals surface area contributed by atoms with E-state index >= 15 is 0 Å². The molecular formula is C24H16N4O8S2-2. The van der Waals surface area contributed by atoms with Crippen molar-refractivity contribution in [1.82, 2.24) is 9.97 Å². The van der Waals surface area contributed by atoms with Crippen LogP contribution in [0.1, 0.15) is 11.4 Å². The van der Waals surface area contributed by atoms with Gasteiger partial charge in [0.15, 0.2) is 5.82 Å². The van der Waals surface area contributed by atoms with Crippen molar-refractivity contribution in [1.29, 1.82) is 0 Å². The molecule has 0 aliphatic carbocycles. The molecule has 0 aliphatic heterocycles. The Hall–Kier alpha value is -4.50. The molecule has 0 atom stereocenters. The van der Waals surface area contributed by atoms with Crippen LogP contribution in [0.3, 0.4) is 0 Å². The van der Waals surface area contributed by atoms with Crippen LogP contribution in [0.25, 0.3) is 11.4 Å². The third-order valence-corrected chi connectivity index (χ3v) is 6.60. The standard InChI is InChI=1S/C24H18N4O8S2/c29-22-8-6-18(37(31,32)33)11-20(22)25-13-16-10-17(28-24(27-16)15-4-2-1-3-5-15)14-26-21-12-19(38(34,35)36)7-9-23(21)30/h1-14,29-30H,(H,31,32,33)(H,34,35,36)/p-2. The largest absolute Gasteiger partial charge is 0.744 e. The number of nitrogens with zero attached hydrogens (tertiary/aromatic N) is 4. The van der Waals surface area contributed by atoms with Crippen molar-refractivity contribution >= 4 is 44.0 Å². The van der Waals surface area contributed by atoms with Gasteiger partial charge in [0.05, 0.1) is 33.6 Å². The Balaban J connectivity index is 1.77. The molecule has 0 bridgehead atoms. The van der Waals surface area contributed by atoms with Crippen LogP contribution >= 0.6 is 0 Å². The molecular weight excluding hydrogens is 536 g/mol. The van der Waals surface area contributed by atoms with Crippen LogP contribution in [0.5, 0.6) is 11.5 Å². The molecule has 0 saturated carbocycles. The van der Waals surface area contributed by atoms with E-state index in [2.05, 4.69) is 20.0 Å². The minimum atomic E-state index is -4.78. The number of phenolic OH excluding ortho intramolecular Hbond substituents is 2. The van der Waals surface area contributed by atoms with Crippen LogP contribution in [0.2, 0.25) is 0 Å². The molecule has 194 valence electrons. The highest BCUT2D eigenvalue weighted by molar-refractivity contribution is 7.86. The quantitative estimate of drug-likeness (QED) is 0.253. The fourth-order valence-corrected chi connectivity index (χ4v) is 4.11. The van der Waals surface area contributed by atoms with E-state index in [1.165, 1.54) is 18.5 Å². The van der Waals surface area contributed by atoms with E-state index < -0.39 is 30.0 Å². The molecule has 0 spiro atoms. The van der Waals surface area contributed by atoms with Crippen molar-refractivity contribution in [3.8, 4) is 22.9 Å². The van der Waals surface area contributed by atoms with Gasteiger partial charge in [-0.05, 0) is 42.5 Å². The summed E-state index contributed by atoms with van der Waals surface area (Å²) < 4.78 is 67.9. The summed E-state index contributed by atoms with van der Waals surface area (Å²) >= 11 is 0. The number of phenols is 2. The number of aliphatic imine (C=N–C) groups is 2. The fourth-order valence-electron chi connectivity index (χ4n) is 3.13. The number of rotatable bonds is 7. The van der Waals surface area contributed by atoms with Crippen LogP contribution in [0, 0.1) is 0 Å². The zero-order chi connectivity index (χ0) is 27.5. The van der Waals surface area contributed by atoms with E-state index in [1.807, 2.05) is 0 Å². The van der Waals surface area contributed by atoms with Crippen molar-refractivity contribution in [2.45, 2.75) is 9.79 Å². The molecule has 0 fully saturated rings. The van der Waals surface area contributed by atoms with Crippen LogP contribution in [0.4, 0.5) is 11.4 Å². The van der Waals surface area contributed by atoms with Gasteiger partial charge in [0.1, 0.15) is 43.1 Å². The van der Waals surface area contributed by atoms with Crippen LogP contribution < -0.4 is 0 Å². The van der Waals surface area contributed by atoms with Crippen molar-refractivity contribution in [3.05, 3.63) is 84.2 Å². The lowest BCUT2D eigenvalue weighted by molar-refractivity contribution is 0.459. The summed E-state index contributed by atoms with van der Waals surface area (Å²) in [5, 5.41) is 20.1. The summed E-state index contributed by atoms with van der Waals surface area (Å²) in [5.41, 5.74) is 0.600. The first-order chi connectivity index (χ1) is 17.9. The zero-order valence-electron chi connectivity index (χ0n) is 19.0. The number of aromatic nitrogens is 2. The van der Waals surface area contributed by atoms with Gasteiger partial charge < -0.3 is 19.3 Å². The smallest absolute Gasteiger partial charge is 0.160 e. The van der Waals surface area contributed by atoms with E-state index in [4.69, 9.17) is 0 Å². The van der Waals surface area contributed by atoms with Crippen LogP contribution in [-0.4, -0.2) is 58.6 Å². The molecule has 1 heterocycles. The van der Waals surface area contributed by atoms with E-state index in [9.17, 15) is 36.2 Å². The van der Waals surface area contributed by atoms with Crippen molar-refractivity contribution in [3.63, 3.8) is 0 Å². The van der Waals surface area contributed by atoms with E-state index in [-0.39, 0.29) is 40.1 Å². The molecule has 0 radical (unpaired) electrons. The summed E-state index contributed by atoms with van der Waals surface area (Å²) in [6.07, 6.45) is 2.40. The van der Waals surface area contributed by atoms with Gasteiger partial charge in [-0.3, -0.25) is 9.98 Å². The minimum Gasteiger partial charge on any atom is -0.744 e. The van der Waals surface area contributed by atoms with Gasteiger partial charge in [0, 0.05) is 5.56 Å². The van der Waals surface area contributed by atoms with Crippen molar-refractivity contribution < 1.29 is 36.2 Å². The van der Waals surface area contributed by atoms with Gasteiger partial charge >= 0.3 is 0 Å². The Kier molecular flexibility index (Phi) is 7.32. The average molecular weight is 553 g/mol. The van der Waals surface area contributed by atoms with Gasteiger partial charge in [0.2, 0.25) is 0 Å². The third-order valence-electron chi connectivity index (χ3n) is 4.94. The second-order valence-corrected chi connectivity index (χ2v) is 10.4. The predicted molar refractivity (Wildman–Crippen MR) is 134 cm³/mol. The third kappa shape index (κ3) is 6.43. The lowest BCUT2D eigenvalue weighted by Gasteiger charge is -2.08. The number of hydrogen-bond donors (Lipinski definition) is 2. The topological polar surface area (TPSA) is 205 Å². The number of aromatic hydroxyl groups is 2. The Morgan fingerprint density at radius 3 is 1.53 bits per heavy atom. The summed E-state index contributed by atoms with van der Waals surface area (Å²) in [7, 11) is -9.56. The summed E-state index contributed by atoms with van der Waals surface area (Å²) in [6.45, 7) is 0. The molecule has 3 aromatic carbocycles. The van der Waals surface area contributed by atoms with E-state index in [0.717, 1.165) is 36.4 Å². The first-order valence-corrected chi connectivity index (χ1v) is 13.3. The van der Waals surface area contributed by atoms with Crippen molar-refractivity contribution in [2.24, 2.45) is 9.98 Å². The fraction of sp³-hybridized carbons (Fsp3) is 0. The molecule has 0 aliphatic rings. The Labute approximate surface area is 216 Å². The number of hydrogen-bond acceptors (Lipinski definition) is 12. The van der Waals surface area contributed by atoms with Crippen LogP contribution in [-0.2, 0) is 20.2 Å². The molecule has 14 heteroatoms. The van der Waals surface area contributed by atoms with Crippen molar-refractivity contribution in [2.75, 3.05) is 0 Å². The second-order valence-electron chi connectivity index (χ2n) is 7.63. The molecule has 0 unspecified atom stereocenters. The Bertz CT molecular complexity index is 1680.